The number of rotatable bonds is 4. The van der Waals surface area contributed by atoms with Gasteiger partial charge in [0.05, 0.1) is 10.5 Å². The molecule has 0 bridgehead atoms. The molecule has 1 unspecified atom stereocenters. The Hall–Kier alpha value is -2.18. The molecule has 4 nitrogen and oxygen atoms in total. The third-order valence-corrected chi connectivity index (χ3v) is 7.70. The lowest BCUT2D eigenvalue weighted by Crippen LogP contribution is -2.40. The molecule has 1 saturated heterocycles. The highest BCUT2D eigenvalue weighted by Gasteiger charge is 2.51. The van der Waals surface area contributed by atoms with Gasteiger partial charge in [-0.15, -0.1) is 0 Å². The summed E-state index contributed by atoms with van der Waals surface area (Å²) in [6, 6.07) is 6.18. The van der Waals surface area contributed by atoms with E-state index in [4.69, 9.17) is 0 Å². The first-order valence-electron chi connectivity index (χ1n) is 9.81. The van der Waals surface area contributed by atoms with Crippen LogP contribution < -0.4 is 0 Å². The molecule has 1 aliphatic rings. The first kappa shape index (κ1) is 25.4. The summed E-state index contributed by atoms with van der Waals surface area (Å²) in [5, 5.41) is 9.84. The van der Waals surface area contributed by atoms with E-state index in [2.05, 4.69) is 0 Å². The monoisotopic (exact) mass is 499 g/mol. The summed E-state index contributed by atoms with van der Waals surface area (Å²) in [6.07, 6.45) is -9.81. The third-order valence-electron chi connectivity index (χ3n) is 5.80. The Labute approximate surface area is 185 Å². The number of halogens is 7. The van der Waals surface area contributed by atoms with E-state index >= 15 is 0 Å². The van der Waals surface area contributed by atoms with E-state index in [1.54, 1.807) is 0 Å². The molecule has 0 aliphatic carbocycles. The summed E-state index contributed by atoms with van der Waals surface area (Å²) in [7, 11) is -4.27. The maximum atomic E-state index is 13.4. The number of piperidine rings is 1. The molecular weight excluding hydrogens is 479 g/mol. The third kappa shape index (κ3) is 5.02. The van der Waals surface area contributed by atoms with Gasteiger partial charge in [-0.1, -0.05) is 18.2 Å². The number of hydrogen-bond acceptors (Lipinski definition) is 3. The lowest BCUT2D eigenvalue weighted by Gasteiger charge is -2.33. The van der Waals surface area contributed by atoms with Gasteiger partial charge < -0.3 is 5.11 Å². The molecular formula is C21H20F7NO3S. The van der Waals surface area contributed by atoms with Gasteiger partial charge in [-0.2, -0.15) is 30.6 Å². The van der Waals surface area contributed by atoms with E-state index in [-0.39, 0.29) is 31.5 Å². The van der Waals surface area contributed by atoms with Gasteiger partial charge in [0.15, 0.2) is 5.60 Å². The predicted molar refractivity (Wildman–Crippen MR) is 104 cm³/mol. The van der Waals surface area contributed by atoms with Crippen molar-refractivity contribution < 1.29 is 44.3 Å². The second-order valence-electron chi connectivity index (χ2n) is 8.01. The van der Waals surface area contributed by atoms with E-state index in [1.165, 1.54) is 0 Å². The van der Waals surface area contributed by atoms with Crippen LogP contribution in [0.15, 0.2) is 47.4 Å². The number of aliphatic hydroxyl groups is 1. The van der Waals surface area contributed by atoms with Crippen LogP contribution >= 0.6 is 0 Å². The van der Waals surface area contributed by atoms with Gasteiger partial charge in [-0.25, -0.2) is 12.8 Å². The Morgan fingerprint density at radius 3 is 2.12 bits per heavy atom. The van der Waals surface area contributed by atoms with Gasteiger partial charge >= 0.3 is 12.4 Å². The molecule has 0 saturated carbocycles. The quantitative estimate of drug-likeness (QED) is 0.590. The van der Waals surface area contributed by atoms with Crippen molar-refractivity contribution in [1.29, 1.82) is 0 Å². The minimum Gasteiger partial charge on any atom is -0.376 e. The van der Waals surface area contributed by atoms with Gasteiger partial charge in [0.2, 0.25) is 10.0 Å². The summed E-state index contributed by atoms with van der Waals surface area (Å²) in [5.74, 6) is -1.72. The van der Waals surface area contributed by atoms with Gasteiger partial charge in [0.25, 0.3) is 0 Å². The van der Waals surface area contributed by atoms with Crippen molar-refractivity contribution in [3.63, 3.8) is 0 Å². The number of nitrogens with zero attached hydrogens (tertiary/aromatic N) is 1. The molecule has 1 atom stereocenters. The van der Waals surface area contributed by atoms with Crippen molar-refractivity contribution in [2.75, 3.05) is 13.1 Å². The molecule has 2 aromatic rings. The van der Waals surface area contributed by atoms with Crippen molar-refractivity contribution in [3.8, 4) is 0 Å². The van der Waals surface area contributed by atoms with Crippen LogP contribution in [0.2, 0.25) is 0 Å². The fourth-order valence-electron chi connectivity index (χ4n) is 3.81. The summed E-state index contributed by atoms with van der Waals surface area (Å²) in [6.45, 7) is 0.147. The first-order chi connectivity index (χ1) is 15.0. The Bertz CT molecular complexity index is 1120. The zero-order chi connectivity index (χ0) is 24.8. The molecule has 1 N–H and O–H groups in total. The van der Waals surface area contributed by atoms with E-state index in [1.807, 2.05) is 0 Å². The number of benzene rings is 2. The molecule has 33 heavy (non-hydrogen) atoms. The van der Waals surface area contributed by atoms with Gasteiger partial charge in [-0.05, 0) is 61.1 Å². The molecule has 2 aromatic carbocycles. The van der Waals surface area contributed by atoms with Crippen molar-refractivity contribution in [2.45, 2.75) is 48.5 Å². The minimum atomic E-state index is -5.04. The summed E-state index contributed by atoms with van der Waals surface area (Å²) < 4.78 is 120. The molecule has 1 aliphatic heterocycles. The largest absolute Gasteiger partial charge is 0.421 e. The van der Waals surface area contributed by atoms with E-state index < -0.39 is 55.7 Å². The highest BCUT2D eigenvalue weighted by molar-refractivity contribution is 7.89. The standard InChI is InChI=1S/C21H20F7NO3S/c1-19(30,21(26,27)28)14-3-2-4-16(11-14)33(31,32)29-9-7-13(8-10-29)17-6-5-15(22)12-18(17)20(23,24)25/h2-6,11-13,30H,7-10H2,1H3. The molecule has 1 heterocycles. The zero-order valence-corrected chi connectivity index (χ0v) is 18.0. The SMILES string of the molecule is CC(O)(c1cccc(S(=O)(=O)N2CCC(c3ccc(F)cc3C(F)(F)F)CC2)c1)C(F)(F)F. The van der Waals surface area contributed by atoms with Crippen LogP contribution in [-0.4, -0.2) is 37.1 Å². The zero-order valence-electron chi connectivity index (χ0n) is 17.2. The Balaban J connectivity index is 1.83. The Morgan fingerprint density at radius 2 is 1.58 bits per heavy atom. The molecule has 12 heteroatoms. The topological polar surface area (TPSA) is 57.6 Å². The minimum absolute atomic E-state index is 0.00784. The molecule has 182 valence electrons. The predicted octanol–water partition coefficient (Wildman–Crippen LogP) is 5.18. The van der Waals surface area contributed by atoms with Crippen molar-refractivity contribution >= 4 is 10.0 Å². The lowest BCUT2D eigenvalue weighted by atomic mass is 9.87. The van der Waals surface area contributed by atoms with Crippen LogP contribution in [0.25, 0.3) is 0 Å². The fraction of sp³-hybridized carbons (Fsp3) is 0.429. The van der Waals surface area contributed by atoms with Crippen molar-refractivity contribution in [2.24, 2.45) is 0 Å². The van der Waals surface area contributed by atoms with E-state index in [9.17, 15) is 44.3 Å². The summed E-state index contributed by atoms with van der Waals surface area (Å²) in [4.78, 5) is -0.472. The summed E-state index contributed by atoms with van der Waals surface area (Å²) >= 11 is 0. The second kappa shape index (κ2) is 8.55. The Morgan fingerprint density at radius 1 is 0.970 bits per heavy atom. The molecule has 0 radical (unpaired) electrons. The van der Waals surface area contributed by atoms with Gasteiger partial charge in [-0.3, -0.25) is 0 Å². The van der Waals surface area contributed by atoms with Crippen LogP contribution in [0.3, 0.4) is 0 Å². The fourth-order valence-corrected chi connectivity index (χ4v) is 5.33. The van der Waals surface area contributed by atoms with E-state index in [0.717, 1.165) is 40.7 Å². The lowest BCUT2D eigenvalue weighted by molar-refractivity contribution is -0.258. The van der Waals surface area contributed by atoms with Crippen LogP contribution in [0.4, 0.5) is 30.7 Å². The number of hydrogen-bond donors (Lipinski definition) is 1. The normalized spacial score (nSPS) is 18.8. The van der Waals surface area contributed by atoms with Crippen LogP contribution in [0, 0.1) is 5.82 Å². The molecule has 1 fully saturated rings. The smallest absolute Gasteiger partial charge is 0.376 e. The van der Waals surface area contributed by atoms with Crippen molar-refractivity contribution in [3.05, 3.63) is 65.0 Å². The Kier molecular flexibility index (Phi) is 6.59. The molecule has 3 rings (SSSR count). The number of alkyl halides is 6. The van der Waals surface area contributed by atoms with Crippen LogP contribution in [0.1, 0.15) is 42.4 Å². The summed E-state index contributed by atoms with van der Waals surface area (Å²) in [5.41, 5.74) is -5.19. The highest BCUT2D eigenvalue weighted by Crippen LogP contribution is 2.41. The number of sulfonamides is 1. The average molecular weight is 499 g/mol. The molecule has 0 amide bonds. The molecule has 0 spiro atoms. The average Bonchev–Trinajstić information content (AvgIpc) is 2.72. The van der Waals surface area contributed by atoms with E-state index in [0.29, 0.717) is 13.0 Å². The van der Waals surface area contributed by atoms with Crippen LogP contribution in [-0.2, 0) is 21.8 Å². The molecule has 0 aromatic heterocycles. The second-order valence-corrected chi connectivity index (χ2v) is 9.94. The highest BCUT2D eigenvalue weighted by atomic mass is 32.2. The van der Waals surface area contributed by atoms with Gasteiger partial charge in [0.1, 0.15) is 5.82 Å². The van der Waals surface area contributed by atoms with Gasteiger partial charge in [0, 0.05) is 13.1 Å². The van der Waals surface area contributed by atoms with Crippen molar-refractivity contribution in [1.82, 2.24) is 4.31 Å². The maximum absolute atomic E-state index is 13.4. The first-order valence-corrected chi connectivity index (χ1v) is 11.3. The maximum Gasteiger partial charge on any atom is 0.421 e. The van der Waals surface area contributed by atoms with Crippen LogP contribution in [0.5, 0.6) is 0 Å².